The molecule has 1 aliphatic rings. The van der Waals surface area contributed by atoms with Crippen LogP contribution in [0.4, 0.5) is 0 Å². The second-order valence-electron chi connectivity index (χ2n) is 3.31. The summed E-state index contributed by atoms with van der Waals surface area (Å²) in [5.74, 6) is 1.60. The number of ether oxygens (including phenoxy) is 2. The summed E-state index contributed by atoms with van der Waals surface area (Å²) in [6, 6.07) is 0. The quantitative estimate of drug-likeness (QED) is 0.496. The van der Waals surface area contributed by atoms with Gasteiger partial charge in [0.25, 0.3) is 0 Å². The van der Waals surface area contributed by atoms with E-state index < -0.39 is 0 Å². The van der Waals surface area contributed by atoms with Crippen molar-refractivity contribution in [2.45, 2.75) is 26.2 Å². The van der Waals surface area contributed by atoms with Crippen molar-refractivity contribution in [3.8, 4) is 0 Å². The second-order valence-corrected chi connectivity index (χ2v) is 3.31. The fraction of sp³-hybridized carbons (Fsp3) is 0.900. The van der Waals surface area contributed by atoms with Gasteiger partial charge in [0.05, 0.1) is 6.61 Å². The van der Waals surface area contributed by atoms with Crippen LogP contribution in [-0.4, -0.2) is 32.8 Å². The van der Waals surface area contributed by atoms with Crippen molar-refractivity contribution < 1.29 is 9.47 Å². The van der Waals surface area contributed by atoms with E-state index in [4.69, 9.17) is 9.47 Å². The smallest absolute Gasteiger partial charge is 0.183 e. The van der Waals surface area contributed by atoms with Crippen molar-refractivity contribution in [3.05, 3.63) is 0 Å². The molecule has 13 heavy (non-hydrogen) atoms. The van der Waals surface area contributed by atoms with E-state index in [9.17, 15) is 0 Å². The molecule has 0 bridgehead atoms. The number of hydrogen-bond acceptors (Lipinski definition) is 3. The van der Waals surface area contributed by atoms with Gasteiger partial charge in [-0.15, -0.1) is 0 Å². The molecule has 0 unspecified atom stereocenters. The molecule has 0 aliphatic carbocycles. The van der Waals surface area contributed by atoms with E-state index in [-0.39, 0.29) is 0 Å². The molecule has 0 aromatic heterocycles. The minimum Gasteiger partial charge on any atom is -0.481 e. The van der Waals surface area contributed by atoms with E-state index in [2.05, 4.69) is 4.99 Å². The number of aliphatic imine (C=N–C) groups is 1. The molecule has 0 atom stereocenters. The number of hydrogen-bond donors (Lipinski definition) is 0. The molecule has 0 N–H and O–H groups in total. The van der Waals surface area contributed by atoms with E-state index in [1.165, 1.54) is 0 Å². The largest absolute Gasteiger partial charge is 0.481 e. The third-order valence-corrected chi connectivity index (χ3v) is 2.36. The average molecular weight is 185 g/mol. The summed E-state index contributed by atoms with van der Waals surface area (Å²) in [7, 11) is 1.80. The Bertz CT molecular complexity index is 162. The maximum Gasteiger partial charge on any atom is 0.183 e. The second kappa shape index (κ2) is 5.97. The first-order valence-corrected chi connectivity index (χ1v) is 5.03. The van der Waals surface area contributed by atoms with Crippen molar-refractivity contribution in [1.29, 1.82) is 0 Å². The topological polar surface area (TPSA) is 30.8 Å². The standard InChI is InChI=1S/C10H19NO2/c1-3-13-10(11-2)8-9-4-6-12-7-5-9/h9H,3-8H2,1-2H3/b11-10-. The summed E-state index contributed by atoms with van der Waals surface area (Å²) in [5, 5.41) is 0. The van der Waals surface area contributed by atoms with Crippen LogP contribution in [0, 0.1) is 5.92 Å². The molecule has 0 radical (unpaired) electrons. The summed E-state index contributed by atoms with van der Waals surface area (Å²) in [6.07, 6.45) is 3.27. The van der Waals surface area contributed by atoms with Crippen molar-refractivity contribution in [2.75, 3.05) is 26.9 Å². The summed E-state index contributed by atoms with van der Waals surface area (Å²) < 4.78 is 10.7. The van der Waals surface area contributed by atoms with Gasteiger partial charge in [0, 0.05) is 26.7 Å². The predicted octanol–water partition coefficient (Wildman–Crippen LogP) is 1.87. The third kappa shape index (κ3) is 3.77. The summed E-state index contributed by atoms with van der Waals surface area (Å²) in [5.41, 5.74) is 0. The molecule has 3 heteroatoms. The van der Waals surface area contributed by atoms with Crippen LogP contribution in [0.25, 0.3) is 0 Å². The molecule has 0 amide bonds. The van der Waals surface area contributed by atoms with Crippen LogP contribution in [-0.2, 0) is 9.47 Å². The van der Waals surface area contributed by atoms with Gasteiger partial charge < -0.3 is 9.47 Å². The molecular weight excluding hydrogens is 166 g/mol. The van der Waals surface area contributed by atoms with Crippen LogP contribution in [0.1, 0.15) is 26.2 Å². The number of nitrogens with zero attached hydrogens (tertiary/aromatic N) is 1. The Labute approximate surface area is 80.1 Å². The Kier molecular flexibility index (Phi) is 4.83. The van der Waals surface area contributed by atoms with Crippen LogP contribution in [0.5, 0.6) is 0 Å². The third-order valence-electron chi connectivity index (χ3n) is 2.36. The Hall–Kier alpha value is -0.570. The first-order valence-electron chi connectivity index (χ1n) is 5.03. The first-order chi connectivity index (χ1) is 6.36. The fourth-order valence-corrected chi connectivity index (χ4v) is 1.58. The summed E-state index contributed by atoms with van der Waals surface area (Å²) >= 11 is 0. The molecule has 1 saturated heterocycles. The van der Waals surface area contributed by atoms with Crippen molar-refractivity contribution >= 4 is 5.90 Å². The first kappa shape index (κ1) is 10.5. The minimum atomic E-state index is 0.707. The molecule has 0 aromatic carbocycles. The van der Waals surface area contributed by atoms with Crippen LogP contribution in [0.15, 0.2) is 4.99 Å². The molecule has 76 valence electrons. The zero-order valence-electron chi connectivity index (χ0n) is 8.58. The SMILES string of the molecule is CCO/C(CC1CCOCC1)=N\C. The molecule has 1 aliphatic heterocycles. The highest BCUT2D eigenvalue weighted by Crippen LogP contribution is 2.19. The van der Waals surface area contributed by atoms with Gasteiger partial charge in [-0.1, -0.05) is 0 Å². The Morgan fingerprint density at radius 1 is 1.46 bits per heavy atom. The molecule has 1 fully saturated rings. The summed E-state index contributed by atoms with van der Waals surface area (Å²) in [6.45, 7) is 4.51. The van der Waals surface area contributed by atoms with Crippen LogP contribution in [0.2, 0.25) is 0 Å². The van der Waals surface area contributed by atoms with Gasteiger partial charge in [-0.2, -0.15) is 0 Å². The van der Waals surface area contributed by atoms with Crippen LogP contribution in [0.3, 0.4) is 0 Å². The molecule has 3 nitrogen and oxygen atoms in total. The Morgan fingerprint density at radius 3 is 2.69 bits per heavy atom. The highest BCUT2D eigenvalue weighted by molar-refractivity contribution is 5.76. The lowest BCUT2D eigenvalue weighted by atomic mass is 9.96. The maximum atomic E-state index is 5.40. The Balaban J connectivity index is 2.27. The molecule has 1 rings (SSSR count). The lowest BCUT2D eigenvalue weighted by Gasteiger charge is -2.22. The lowest BCUT2D eigenvalue weighted by Crippen LogP contribution is -2.19. The predicted molar refractivity (Wildman–Crippen MR) is 53.1 cm³/mol. The maximum absolute atomic E-state index is 5.40. The molecule has 1 heterocycles. The summed E-state index contributed by atoms with van der Waals surface area (Å²) in [4.78, 5) is 4.13. The molecule has 0 spiro atoms. The number of rotatable bonds is 3. The molecule has 0 aromatic rings. The Morgan fingerprint density at radius 2 is 2.15 bits per heavy atom. The van der Waals surface area contributed by atoms with Gasteiger partial charge in [0.15, 0.2) is 5.90 Å². The minimum absolute atomic E-state index is 0.707. The average Bonchev–Trinajstić information content (AvgIpc) is 2.19. The van der Waals surface area contributed by atoms with Gasteiger partial charge in [0.2, 0.25) is 0 Å². The fourth-order valence-electron chi connectivity index (χ4n) is 1.58. The van der Waals surface area contributed by atoms with Gasteiger partial charge in [-0.05, 0) is 25.7 Å². The zero-order chi connectivity index (χ0) is 9.52. The van der Waals surface area contributed by atoms with Crippen molar-refractivity contribution in [3.63, 3.8) is 0 Å². The van der Waals surface area contributed by atoms with E-state index in [1.807, 2.05) is 6.92 Å². The van der Waals surface area contributed by atoms with Crippen LogP contribution < -0.4 is 0 Å². The molecular formula is C10H19NO2. The van der Waals surface area contributed by atoms with E-state index in [0.29, 0.717) is 5.92 Å². The van der Waals surface area contributed by atoms with Gasteiger partial charge in [-0.3, -0.25) is 4.99 Å². The normalized spacial score (nSPS) is 20.3. The van der Waals surface area contributed by atoms with Gasteiger partial charge in [0.1, 0.15) is 0 Å². The highest BCUT2D eigenvalue weighted by atomic mass is 16.5. The van der Waals surface area contributed by atoms with Crippen molar-refractivity contribution in [2.24, 2.45) is 10.9 Å². The van der Waals surface area contributed by atoms with Gasteiger partial charge in [-0.25, -0.2) is 0 Å². The highest BCUT2D eigenvalue weighted by Gasteiger charge is 2.16. The van der Waals surface area contributed by atoms with E-state index in [0.717, 1.165) is 45.0 Å². The van der Waals surface area contributed by atoms with Crippen molar-refractivity contribution in [1.82, 2.24) is 0 Å². The zero-order valence-corrected chi connectivity index (χ0v) is 8.58. The van der Waals surface area contributed by atoms with E-state index >= 15 is 0 Å². The lowest BCUT2D eigenvalue weighted by molar-refractivity contribution is 0.0667. The monoisotopic (exact) mass is 185 g/mol. The van der Waals surface area contributed by atoms with E-state index in [1.54, 1.807) is 7.05 Å². The van der Waals surface area contributed by atoms with Crippen LogP contribution >= 0.6 is 0 Å². The van der Waals surface area contributed by atoms with Gasteiger partial charge >= 0.3 is 0 Å². The molecule has 0 saturated carbocycles.